The number of aromatic nitrogens is 3. The molecule has 3 N–H and O–H groups in total. The second kappa shape index (κ2) is 8.16. The first-order chi connectivity index (χ1) is 16.1. The Kier molecular flexibility index (Phi) is 5.02. The average Bonchev–Trinajstić information content (AvgIpc) is 3.13. The molecule has 0 aliphatic rings. The number of nitrogens with zero attached hydrogens (tertiary/aromatic N) is 3. The van der Waals surface area contributed by atoms with Crippen molar-refractivity contribution in [2.75, 3.05) is 25.3 Å². The maximum Gasteiger partial charge on any atom is 0.261 e. The number of methoxy groups -OCH3 is 2. The molecule has 2 aromatic heterocycles. The van der Waals surface area contributed by atoms with Gasteiger partial charge in [0.25, 0.3) is 5.91 Å². The molecule has 8 nitrogen and oxygen atoms in total. The molecule has 5 rings (SSSR count). The van der Waals surface area contributed by atoms with Crippen molar-refractivity contribution in [3.63, 3.8) is 0 Å². The second-order valence-corrected chi connectivity index (χ2v) is 7.34. The highest BCUT2D eigenvalue weighted by molar-refractivity contribution is 6.16. The van der Waals surface area contributed by atoms with Gasteiger partial charge in [0.1, 0.15) is 28.4 Å². The van der Waals surface area contributed by atoms with Gasteiger partial charge in [-0.25, -0.2) is 9.97 Å². The lowest BCUT2D eigenvalue weighted by Gasteiger charge is -2.13. The smallest absolute Gasteiger partial charge is 0.261 e. The number of carbonyl (C=O) groups excluding carboxylic acids is 1. The number of benzene rings is 3. The summed E-state index contributed by atoms with van der Waals surface area (Å²) < 4.78 is 12.6. The number of rotatable bonds is 5. The van der Waals surface area contributed by atoms with E-state index < -0.39 is 0 Å². The SMILES string of the molecule is COc1ccc(-n2c(N)c(C(=O)Nc3ccccc3)c3nc4ccccc4nc32)c(OC)c1. The molecule has 8 heteroatoms. The molecule has 2 heterocycles. The molecule has 0 aliphatic carbocycles. The van der Waals surface area contributed by atoms with Crippen molar-refractivity contribution < 1.29 is 14.3 Å². The first-order valence-electron chi connectivity index (χ1n) is 10.3. The molecule has 0 fully saturated rings. The molecule has 33 heavy (non-hydrogen) atoms. The standard InChI is InChI=1S/C25H21N5O3/c1-32-16-12-13-19(20(14-16)33-2)30-23(26)21(25(31)27-15-8-4-3-5-9-15)22-24(30)29-18-11-7-6-10-17(18)28-22/h3-14H,26H2,1-2H3,(H,27,31). The van der Waals surface area contributed by atoms with Gasteiger partial charge in [0, 0.05) is 11.8 Å². The molecule has 5 aromatic rings. The van der Waals surface area contributed by atoms with Gasteiger partial charge in [0.15, 0.2) is 5.65 Å². The zero-order valence-corrected chi connectivity index (χ0v) is 18.1. The highest BCUT2D eigenvalue weighted by Gasteiger charge is 2.26. The molecule has 0 atom stereocenters. The van der Waals surface area contributed by atoms with Crippen LogP contribution >= 0.6 is 0 Å². The molecule has 3 aromatic carbocycles. The summed E-state index contributed by atoms with van der Waals surface area (Å²) in [7, 11) is 3.14. The van der Waals surface area contributed by atoms with E-state index in [0.717, 1.165) is 0 Å². The Balaban J connectivity index is 1.78. The molecule has 1 amide bonds. The summed E-state index contributed by atoms with van der Waals surface area (Å²) in [6.45, 7) is 0. The summed E-state index contributed by atoms with van der Waals surface area (Å²) in [5.74, 6) is 0.976. The third-order valence-corrected chi connectivity index (χ3v) is 5.38. The summed E-state index contributed by atoms with van der Waals surface area (Å²) in [6.07, 6.45) is 0. The molecule has 0 saturated heterocycles. The first kappa shape index (κ1) is 20.3. The number of ether oxygens (including phenoxy) is 2. The Morgan fingerprint density at radius 2 is 1.61 bits per heavy atom. The van der Waals surface area contributed by atoms with Gasteiger partial charge in [-0.05, 0) is 36.4 Å². The van der Waals surface area contributed by atoms with Crippen molar-refractivity contribution in [1.29, 1.82) is 0 Å². The molecular weight excluding hydrogens is 418 g/mol. The maximum atomic E-state index is 13.4. The largest absolute Gasteiger partial charge is 0.497 e. The lowest BCUT2D eigenvalue weighted by molar-refractivity contribution is 0.102. The van der Waals surface area contributed by atoms with Gasteiger partial charge in [-0.15, -0.1) is 0 Å². The monoisotopic (exact) mass is 439 g/mol. The molecule has 164 valence electrons. The number of hydrogen-bond donors (Lipinski definition) is 2. The number of carbonyl (C=O) groups is 1. The van der Waals surface area contributed by atoms with Crippen molar-refractivity contribution in [1.82, 2.24) is 14.5 Å². The minimum atomic E-state index is -0.375. The fourth-order valence-corrected chi connectivity index (χ4v) is 3.81. The Morgan fingerprint density at radius 3 is 2.30 bits per heavy atom. The summed E-state index contributed by atoms with van der Waals surface area (Å²) in [6, 6.07) is 22.0. The molecule has 0 spiro atoms. The predicted octanol–water partition coefficient (Wildman–Crippen LogP) is 4.43. The van der Waals surface area contributed by atoms with Crippen molar-refractivity contribution in [3.05, 3.63) is 78.4 Å². The minimum Gasteiger partial charge on any atom is -0.497 e. The third kappa shape index (κ3) is 3.47. The molecular formula is C25H21N5O3. The van der Waals surface area contributed by atoms with Crippen LogP contribution in [0, 0.1) is 0 Å². The van der Waals surface area contributed by atoms with Crippen LogP contribution in [-0.4, -0.2) is 34.7 Å². The number of nitrogen functional groups attached to an aromatic ring is 1. The van der Waals surface area contributed by atoms with Crippen LogP contribution in [-0.2, 0) is 0 Å². The first-order valence-corrected chi connectivity index (χ1v) is 10.3. The normalized spacial score (nSPS) is 11.0. The Labute approximate surface area is 189 Å². The van der Waals surface area contributed by atoms with Gasteiger partial charge in [0.2, 0.25) is 0 Å². The van der Waals surface area contributed by atoms with Gasteiger partial charge in [-0.3, -0.25) is 9.36 Å². The quantitative estimate of drug-likeness (QED) is 0.420. The van der Waals surface area contributed by atoms with E-state index in [2.05, 4.69) is 5.32 Å². The Bertz CT molecular complexity index is 1500. The van der Waals surface area contributed by atoms with Crippen LogP contribution in [0.15, 0.2) is 72.8 Å². The summed E-state index contributed by atoms with van der Waals surface area (Å²) in [4.78, 5) is 22.9. The van der Waals surface area contributed by atoms with Crippen LogP contribution in [0.3, 0.4) is 0 Å². The van der Waals surface area contributed by atoms with E-state index >= 15 is 0 Å². The van der Waals surface area contributed by atoms with Crippen LogP contribution in [0.5, 0.6) is 11.5 Å². The van der Waals surface area contributed by atoms with E-state index in [9.17, 15) is 4.79 Å². The average molecular weight is 439 g/mol. The fourth-order valence-electron chi connectivity index (χ4n) is 3.81. The highest BCUT2D eigenvalue weighted by atomic mass is 16.5. The van der Waals surface area contributed by atoms with Crippen LogP contribution in [0.1, 0.15) is 10.4 Å². The van der Waals surface area contributed by atoms with Gasteiger partial charge < -0.3 is 20.5 Å². The fraction of sp³-hybridized carbons (Fsp3) is 0.0800. The van der Waals surface area contributed by atoms with Crippen LogP contribution in [0.2, 0.25) is 0 Å². The van der Waals surface area contributed by atoms with Crippen LogP contribution < -0.4 is 20.5 Å². The van der Waals surface area contributed by atoms with E-state index in [-0.39, 0.29) is 17.3 Å². The predicted molar refractivity (Wildman–Crippen MR) is 128 cm³/mol. The van der Waals surface area contributed by atoms with Crippen molar-refractivity contribution in [2.24, 2.45) is 0 Å². The van der Waals surface area contributed by atoms with Crippen LogP contribution in [0.4, 0.5) is 11.5 Å². The van der Waals surface area contributed by atoms with Crippen molar-refractivity contribution >= 4 is 39.6 Å². The molecule has 0 bridgehead atoms. The van der Waals surface area contributed by atoms with Gasteiger partial charge in [-0.2, -0.15) is 0 Å². The van der Waals surface area contributed by atoms with E-state index in [1.807, 2.05) is 48.5 Å². The second-order valence-electron chi connectivity index (χ2n) is 7.34. The van der Waals surface area contributed by atoms with Crippen molar-refractivity contribution in [2.45, 2.75) is 0 Å². The highest BCUT2D eigenvalue weighted by Crippen LogP contribution is 2.36. The van der Waals surface area contributed by atoms with E-state index in [4.69, 9.17) is 25.2 Å². The van der Waals surface area contributed by atoms with Crippen molar-refractivity contribution in [3.8, 4) is 17.2 Å². The lowest BCUT2D eigenvalue weighted by atomic mass is 10.2. The number of amides is 1. The molecule has 0 radical (unpaired) electrons. The Morgan fingerprint density at radius 1 is 0.909 bits per heavy atom. The van der Waals surface area contributed by atoms with Gasteiger partial charge >= 0.3 is 0 Å². The van der Waals surface area contributed by atoms with Gasteiger partial charge in [0.05, 0.1) is 30.9 Å². The van der Waals surface area contributed by atoms with Crippen LogP contribution in [0.25, 0.3) is 27.9 Å². The Hall–Kier alpha value is -4.59. The summed E-state index contributed by atoms with van der Waals surface area (Å²) >= 11 is 0. The number of hydrogen-bond acceptors (Lipinski definition) is 6. The van der Waals surface area contributed by atoms with Gasteiger partial charge in [-0.1, -0.05) is 30.3 Å². The minimum absolute atomic E-state index is 0.206. The zero-order valence-electron chi connectivity index (χ0n) is 18.1. The zero-order chi connectivity index (χ0) is 22.9. The number of nitrogens with one attached hydrogen (secondary N) is 1. The molecule has 0 unspecified atom stereocenters. The molecule has 0 saturated carbocycles. The summed E-state index contributed by atoms with van der Waals surface area (Å²) in [5, 5.41) is 2.90. The van der Waals surface area contributed by atoms with E-state index in [0.29, 0.717) is 45.1 Å². The third-order valence-electron chi connectivity index (χ3n) is 5.38. The lowest BCUT2D eigenvalue weighted by Crippen LogP contribution is -2.14. The summed E-state index contributed by atoms with van der Waals surface area (Å²) in [5.41, 5.74) is 10.3. The molecule has 0 aliphatic heterocycles. The van der Waals surface area contributed by atoms with E-state index in [1.54, 1.807) is 43.1 Å². The number of para-hydroxylation sites is 3. The topological polar surface area (TPSA) is 104 Å². The maximum absolute atomic E-state index is 13.4. The number of fused-ring (bicyclic) bond motifs is 2. The number of anilines is 2. The van der Waals surface area contributed by atoms with E-state index in [1.165, 1.54) is 0 Å². The number of nitrogens with two attached hydrogens (primary N) is 1.